The highest BCUT2D eigenvalue weighted by Gasteiger charge is 2.26. The van der Waals surface area contributed by atoms with Gasteiger partial charge >= 0.3 is 5.97 Å². The van der Waals surface area contributed by atoms with Gasteiger partial charge in [-0.25, -0.2) is 9.78 Å². The Morgan fingerprint density at radius 3 is 2.71 bits per heavy atom. The predicted octanol–water partition coefficient (Wildman–Crippen LogP) is 3.92. The molecular formula is C25H27ClN6O3. The van der Waals surface area contributed by atoms with Crippen molar-refractivity contribution in [1.82, 2.24) is 30.0 Å². The molecule has 0 aliphatic carbocycles. The van der Waals surface area contributed by atoms with Crippen molar-refractivity contribution in [3.63, 3.8) is 0 Å². The lowest BCUT2D eigenvalue weighted by Gasteiger charge is -2.34. The fraction of sp³-hybridized carbons (Fsp3) is 0.360. The van der Waals surface area contributed by atoms with Gasteiger partial charge in [0.1, 0.15) is 5.52 Å². The lowest BCUT2D eigenvalue weighted by molar-refractivity contribution is 0.0698. The second-order valence-corrected chi connectivity index (χ2v) is 9.68. The van der Waals surface area contributed by atoms with Crippen LogP contribution in [0.15, 0.2) is 36.4 Å². The van der Waals surface area contributed by atoms with Crippen molar-refractivity contribution in [3.05, 3.63) is 58.5 Å². The van der Waals surface area contributed by atoms with E-state index in [1.165, 1.54) is 6.07 Å². The molecule has 3 heterocycles. The number of rotatable bonds is 6. The molecule has 1 aliphatic rings. The van der Waals surface area contributed by atoms with E-state index >= 15 is 0 Å². The van der Waals surface area contributed by atoms with E-state index in [1.54, 1.807) is 22.8 Å². The number of aromatic amines is 1. The zero-order valence-corrected chi connectivity index (χ0v) is 20.3. The molecule has 0 unspecified atom stereocenters. The largest absolute Gasteiger partial charge is 0.478 e. The number of nitrogens with one attached hydrogen (secondary N) is 2. The maximum atomic E-state index is 13.4. The zero-order valence-electron chi connectivity index (χ0n) is 19.6. The number of imidazole rings is 1. The Hall–Kier alpha value is -3.43. The van der Waals surface area contributed by atoms with Crippen LogP contribution in [0.2, 0.25) is 5.02 Å². The molecule has 0 bridgehead atoms. The van der Waals surface area contributed by atoms with Gasteiger partial charge in [-0.2, -0.15) is 5.10 Å². The Kier molecular flexibility index (Phi) is 6.21. The Balaban J connectivity index is 1.52. The van der Waals surface area contributed by atoms with E-state index in [9.17, 15) is 14.7 Å². The van der Waals surface area contributed by atoms with Gasteiger partial charge in [0.05, 0.1) is 28.8 Å². The number of para-hydroxylation sites is 1. The number of carbonyl (C=O) groups is 2. The Morgan fingerprint density at radius 2 is 2.00 bits per heavy atom. The summed E-state index contributed by atoms with van der Waals surface area (Å²) in [5, 5.41) is 21.6. The predicted molar refractivity (Wildman–Crippen MR) is 134 cm³/mol. The van der Waals surface area contributed by atoms with E-state index in [0.717, 1.165) is 42.5 Å². The maximum Gasteiger partial charge on any atom is 0.337 e. The molecule has 0 spiro atoms. The number of carbonyl (C=O) groups excluding carboxylic acids is 1. The summed E-state index contributed by atoms with van der Waals surface area (Å²) in [6, 6.07) is 10.9. The van der Waals surface area contributed by atoms with Crippen LogP contribution in [-0.4, -0.2) is 66.8 Å². The number of benzene rings is 2. The molecule has 5 rings (SSSR count). The van der Waals surface area contributed by atoms with Gasteiger partial charge in [-0.3, -0.25) is 9.89 Å². The van der Waals surface area contributed by atoms with E-state index < -0.39 is 5.97 Å². The minimum atomic E-state index is -1.09. The normalized spacial score (nSPS) is 15.3. The summed E-state index contributed by atoms with van der Waals surface area (Å²) in [5.74, 6) is -1.24. The Morgan fingerprint density at radius 1 is 1.23 bits per heavy atom. The molecule has 1 saturated heterocycles. The van der Waals surface area contributed by atoms with E-state index in [0.29, 0.717) is 16.6 Å². The first-order valence-corrected chi connectivity index (χ1v) is 12.1. The number of aromatic carboxylic acids is 1. The highest BCUT2D eigenvalue weighted by atomic mass is 35.5. The van der Waals surface area contributed by atoms with E-state index in [4.69, 9.17) is 11.6 Å². The summed E-state index contributed by atoms with van der Waals surface area (Å²) in [6.45, 7) is 6.44. The van der Waals surface area contributed by atoms with Crippen LogP contribution in [0.5, 0.6) is 0 Å². The molecule has 1 aliphatic heterocycles. The molecule has 9 nitrogen and oxygen atoms in total. The van der Waals surface area contributed by atoms with Crippen LogP contribution in [0, 0.1) is 0 Å². The highest BCUT2D eigenvalue weighted by molar-refractivity contribution is 6.31. The quantitative estimate of drug-likeness (QED) is 0.374. The second kappa shape index (κ2) is 9.31. The Bertz CT molecular complexity index is 1420. The van der Waals surface area contributed by atoms with Crippen molar-refractivity contribution < 1.29 is 14.7 Å². The number of fused-ring (bicyclic) bond motifs is 2. The summed E-state index contributed by atoms with van der Waals surface area (Å²) in [6.07, 6.45) is 1.71. The number of likely N-dealkylation sites (tertiary alicyclic amines) is 1. The molecule has 0 atom stereocenters. The summed E-state index contributed by atoms with van der Waals surface area (Å²) in [7, 11) is 0. The molecule has 182 valence electrons. The first-order valence-electron chi connectivity index (χ1n) is 11.7. The smallest absolute Gasteiger partial charge is 0.337 e. The molecule has 35 heavy (non-hydrogen) atoms. The summed E-state index contributed by atoms with van der Waals surface area (Å²) in [4.78, 5) is 32.2. The molecule has 0 radical (unpaired) electrons. The SMILES string of the molecule is CC(C)N1CCC(NC(=O)c2nc3c(C(=O)O)cccc3n2Cc2[nH]nc3ccc(Cl)cc23)CC1. The highest BCUT2D eigenvalue weighted by Crippen LogP contribution is 2.26. The second-order valence-electron chi connectivity index (χ2n) is 9.24. The molecule has 1 fully saturated rings. The maximum absolute atomic E-state index is 13.4. The summed E-state index contributed by atoms with van der Waals surface area (Å²) in [5.41, 5.74) is 2.40. The van der Waals surface area contributed by atoms with E-state index in [-0.39, 0.29) is 35.4 Å². The number of H-pyrrole nitrogens is 1. The first-order chi connectivity index (χ1) is 16.8. The number of carboxylic acids is 1. The lowest BCUT2D eigenvalue weighted by Crippen LogP contribution is -2.47. The molecule has 1 amide bonds. The molecule has 4 aromatic rings. The number of nitrogens with zero attached hydrogens (tertiary/aromatic N) is 4. The van der Waals surface area contributed by atoms with Crippen molar-refractivity contribution in [2.24, 2.45) is 0 Å². The van der Waals surface area contributed by atoms with Gasteiger partial charge in [-0.1, -0.05) is 17.7 Å². The van der Waals surface area contributed by atoms with Crippen molar-refractivity contribution in [2.45, 2.75) is 45.3 Å². The number of aromatic nitrogens is 4. The fourth-order valence-electron chi connectivity index (χ4n) is 4.78. The van der Waals surface area contributed by atoms with Crippen molar-refractivity contribution in [1.29, 1.82) is 0 Å². The Labute approximate surface area is 207 Å². The average molecular weight is 495 g/mol. The number of hydrogen-bond acceptors (Lipinski definition) is 5. The monoisotopic (exact) mass is 494 g/mol. The fourth-order valence-corrected chi connectivity index (χ4v) is 4.95. The van der Waals surface area contributed by atoms with Crippen molar-refractivity contribution >= 4 is 45.4 Å². The minimum absolute atomic E-state index is 0.0384. The van der Waals surface area contributed by atoms with Gasteiger partial charge in [0.15, 0.2) is 5.82 Å². The van der Waals surface area contributed by atoms with Crippen molar-refractivity contribution in [2.75, 3.05) is 13.1 Å². The van der Waals surface area contributed by atoms with Gasteiger partial charge in [0.2, 0.25) is 0 Å². The number of piperidine rings is 1. The van der Waals surface area contributed by atoms with Crippen molar-refractivity contribution in [3.8, 4) is 0 Å². The van der Waals surface area contributed by atoms with Gasteiger partial charge in [-0.05, 0) is 57.0 Å². The van der Waals surface area contributed by atoms with Gasteiger partial charge in [0.25, 0.3) is 5.91 Å². The molecule has 10 heteroatoms. The standard InChI is InChI=1S/C25H27ClN6O3/c1-14(2)31-10-8-16(9-11-31)27-24(33)23-28-22-17(25(34)35)4-3-5-21(22)32(23)13-20-18-12-15(26)6-7-19(18)29-30-20/h3-7,12,14,16H,8-11,13H2,1-2H3,(H,27,33)(H,29,30)(H,34,35). The number of amides is 1. The van der Waals surface area contributed by atoms with E-state index in [1.807, 2.05) is 12.1 Å². The first kappa shape index (κ1) is 23.3. The van der Waals surface area contributed by atoms with Crippen LogP contribution in [0.4, 0.5) is 0 Å². The van der Waals surface area contributed by atoms with Gasteiger partial charge in [-0.15, -0.1) is 0 Å². The van der Waals surface area contributed by atoms with Crippen LogP contribution in [0.25, 0.3) is 21.9 Å². The third-order valence-electron chi connectivity index (χ3n) is 6.72. The van der Waals surface area contributed by atoms with Crippen LogP contribution >= 0.6 is 11.6 Å². The van der Waals surface area contributed by atoms with Gasteiger partial charge < -0.3 is 19.9 Å². The van der Waals surface area contributed by atoms with Crippen LogP contribution < -0.4 is 5.32 Å². The molecule has 3 N–H and O–H groups in total. The van der Waals surface area contributed by atoms with Crippen LogP contribution in [-0.2, 0) is 6.54 Å². The third-order valence-corrected chi connectivity index (χ3v) is 6.95. The topological polar surface area (TPSA) is 116 Å². The van der Waals surface area contributed by atoms with Gasteiger partial charge in [0, 0.05) is 35.6 Å². The number of carboxylic acid groups (broad SMARTS) is 1. The minimum Gasteiger partial charge on any atom is -0.478 e. The molecule has 2 aromatic carbocycles. The molecule has 2 aromatic heterocycles. The van der Waals surface area contributed by atoms with E-state index in [2.05, 4.69) is 39.2 Å². The lowest BCUT2D eigenvalue weighted by atomic mass is 10.0. The van der Waals surface area contributed by atoms with Crippen LogP contribution in [0.1, 0.15) is 53.4 Å². The number of hydrogen-bond donors (Lipinski definition) is 3. The number of halogens is 1. The molecular weight excluding hydrogens is 468 g/mol. The van der Waals surface area contributed by atoms with Crippen LogP contribution in [0.3, 0.4) is 0 Å². The summed E-state index contributed by atoms with van der Waals surface area (Å²) < 4.78 is 1.74. The molecule has 0 saturated carbocycles. The summed E-state index contributed by atoms with van der Waals surface area (Å²) >= 11 is 6.21. The zero-order chi connectivity index (χ0) is 24.7. The third kappa shape index (κ3) is 4.49. The average Bonchev–Trinajstić information content (AvgIpc) is 3.40.